The largest absolute Gasteiger partial charge is 0.481 e. The fourth-order valence-electron chi connectivity index (χ4n) is 0.974. The van der Waals surface area contributed by atoms with Gasteiger partial charge in [-0.2, -0.15) is 0 Å². The Morgan fingerprint density at radius 3 is 2.50 bits per heavy atom. The van der Waals surface area contributed by atoms with Crippen LogP contribution in [0.3, 0.4) is 0 Å². The molecule has 4 heteroatoms. The van der Waals surface area contributed by atoms with Crippen molar-refractivity contribution in [1.82, 2.24) is 5.32 Å². The maximum Gasteiger partial charge on any atom is 0.260 e. The van der Waals surface area contributed by atoms with Crippen molar-refractivity contribution in [3.05, 3.63) is 30.1 Å². The second-order valence-corrected chi connectivity index (χ2v) is 2.83. The number of hydrogen-bond donors (Lipinski definition) is 1. The van der Waals surface area contributed by atoms with Crippen molar-refractivity contribution in [2.75, 3.05) is 7.05 Å². The van der Waals surface area contributed by atoms with Crippen LogP contribution in [0.2, 0.25) is 0 Å². The summed E-state index contributed by atoms with van der Waals surface area (Å²) in [6.07, 6.45) is -0.578. The molecule has 0 bridgehead atoms. The fraction of sp³-hybridized carbons (Fsp3) is 0.300. The Morgan fingerprint density at radius 2 is 2.00 bits per heavy atom. The van der Waals surface area contributed by atoms with E-state index in [1.54, 1.807) is 6.92 Å². The Morgan fingerprint density at radius 1 is 1.43 bits per heavy atom. The summed E-state index contributed by atoms with van der Waals surface area (Å²) in [6.45, 7) is 1.63. The minimum atomic E-state index is -0.578. The summed E-state index contributed by atoms with van der Waals surface area (Å²) in [5.41, 5.74) is 0. The van der Waals surface area contributed by atoms with Gasteiger partial charge < -0.3 is 10.1 Å². The van der Waals surface area contributed by atoms with Gasteiger partial charge in [-0.25, -0.2) is 4.39 Å². The highest BCUT2D eigenvalue weighted by molar-refractivity contribution is 5.80. The number of halogens is 1. The van der Waals surface area contributed by atoms with Crippen molar-refractivity contribution < 1.29 is 13.9 Å². The third-order valence-corrected chi connectivity index (χ3v) is 1.74. The molecular formula is C10H12FNO2. The molecule has 76 valence electrons. The first-order valence-corrected chi connectivity index (χ1v) is 4.27. The molecule has 0 fully saturated rings. The van der Waals surface area contributed by atoms with Crippen LogP contribution in [0, 0.1) is 5.82 Å². The number of ether oxygens (including phenoxy) is 1. The second-order valence-electron chi connectivity index (χ2n) is 2.83. The van der Waals surface area contributed by atoms with Crippen LogP contribution < -0.4 is 10.1 Å². The number of amides is 1. The van der Waals surface area contributed by atoms with Gasteiger partial charge in [-0.05, 0) is 31.2 Å². The molecule has 0 aliphatic heterocycles. The maximum absolute atomic E-state index is 12.5. The minimum absolute atomic E-state index is 0.214. The van der Waals surface area contributed by atoms with Gasteiger partial charge in [-0.1, -0.05) is 0 Å². The molecule has 0 aromatic heterocycles. The fourth-order valence-corrected chi connectivity index (χ4v) is 0.974. The van der Waals surface area contributed by atoms with Crippen LogP contribution in [-0.4, -0.2) is 19.1 Å². The van der Waals surface area contributed by atoms with E-state index in [0.29, 0.717) is 5.75 Å². The molecule has 1 aromatic rings. The number of hydrogen-bond acceptors (Lipinski definition) is 2. The number of nitrogens with one attached hydrogen (secondary N) is 1. The van der Waals surface area contributed by atoms with Crippen LogP contribution in [0.15, 0.2) is 24.3 Å². The molecule has 0 aliphatic rings. The number of likely N-dealkylation sites (N-methyl/N-ethyl adjacent to an activating group) is 1. The van der Waals surface area contributed by atoms with E-state index in [1.807, 2.05) is 0 Å². The summed E-state index contributed by atoms with van der Waals surface area (Å²) in [6, 6.07) is 5.53. The SMILES string of the molecule is CNC(=O)[C@@H](C)Oc1ccc(F)cc1. The van der Waals surface area contributed by atoms with Gasteiger partial charge in [-0.3, -0.25) is 4.79 Å². The van der Waals surface area contributed by atoms with Gasteiger partial charge in [0.05, 0.1) is 0 Å². The standard InChI is InChI=1S/C10H12FNO2/c1-7(10(13)12-2)14-9-5-3-8(11)4-6-9/h3-7H,1-2H3,(H,12,13)/t7-/m1/s1. The highest BCUT2D eigenvalue weighted by Crippen LogP contribution is 2.12. The van der Waals surface area contributed by atoms with E-state index in [-0.39, 0.29) is 11.7 Å². The molecule has 0 saturated heterocycles. The van der Waals surface area contributed by atoms with Crippen molar-refractivity contribution in [2.24, 2.45) is 0 Å². The normalized spacial score (nSPS) is 11.9. The Hall–Kier alpha value is -1.58. The average molecular weight is 197 g/mol. The van der Waals surface area contributed by atoms with Gasteiger partial charge >= 0.3 is 0 Å². The third kappa shape index (κ3) is 2.73. The summed E-state index contributed by atoms with van der Waals surface area (Å²) < 4.78 is 17.8. The van der Waals surface area contributed by atoms with Gasteiger partial charge in [0.25, 0.3) is 5.91 Å². The van der Waals surface area contributed by atoms with Crippen molar-refractivity contribution in [3.8, 4) is 5.75 Å². The summed E-state index contributed by atoms with van der Waals surface area (Å²) >= 11 is 0. The van der Waals surface area contributed by atoms with E-state index in [9.17, 15) is 9.18 Å². The maximum atomic E-state index is 12.5. The van der Waals surface area contributed by atoms with Crippen LogP contribution in [0.5, 0.6) is 5.75 Å². The first-order valence-electron chi connectivity index (χ1n) is 4.27. The van der Waals surface area contributed by atoms with Crippen molar-refractivity contribution in [3.63, 3.8) is 0 Å². The Labute approximate surface area is 81.9 Å². The molecule has 3 nitrogen and oxygen atoms in total. The first-order chi connectivity index (χ1) is 6.63. The molecule has 1 atom stereocenters. The van der Waals surface area contributed by atoms with E-state index >= 15 is 0 Å². The molecule has 0 aliphatic carbocycles. The Kier molecular flexibility index (Phi) is 3.45. The van der Waals surface area contributed by atoms with Gasteiger partial charge in [0.15, 0.2) is 6.10 Å². The lowest BCUT2D eigenvalue weighted by molar-refractivity contribution is -0.126. The van der Waals surface area contributed by atoms with Crippen molar-refractivity contribution in [2.45, 2.75) is 13.0 Å². The van der Waals surface area contributed by atoms with Crippen LogP contribution >= 0.6 is 0 Å². The lowest BCUT2D eigenvalue weighted by Crippen LogP contribution is -2.33. The van der Waals surface area contributed by atoms with Gasteiger partial charge in [0, 0.05) is 7.05 Å². The topological polar surface area (TPSA) is 38.3 Å². The zero-order valence-electron chi connectivity index (χ0n) is 8.08. The molecule has 1 aromatic carbocycles. The molecule has 1 N–H and O–H groups in total. The third-order valence-electron chi connectivity index (χ3n) is 1.74. The zero-order chi connectivity index (χ0) is 10.6. The molecule has 0 unspecified atom stereocenters. The second kappa shape index (κ2) is 4.60. The Bertz CT molecular complexity index is 310. The quantitative estimate of drug-likeness (QED) is 0.794. The minimum Gasteiger partial charge on any atom is -0.481 e. The number of benzene rings is 1. The molecule has 0 heterocycles. The lowest BCUT2D eigenvalue weighted by Gasteiger charge is -2.12. The van der Waals surface area contributed by atoms with Crippen LogP contribution in [0.25, 0.3) is 0 Å². The molecule has 0 saturated carbocycles. The molecule has 14 heavy (non-hydrogen) atoms. The summed E-state index contributed by atoms with van der Waals surface area (Å²) in [7, 11) is 1.53. The van der Waals surface area contributed by atoms with Crippen molar-refractivity contribution in [1.29, 1.82) is 0 Å². The number of rotatable bonds is 3. The number of carbonyl (C=O) groups excluding carboxylic acids is 1. The highest BCUT2D eigenvalue weighted by atomic mass is 19.1. The van der Waals surface area contributed by atoms with E-state index in [1.165, 1.54) is 31.3 Å². The highest BCUT2D eigenvalue weighted by Gasteiger charge is 2.11. The molecule has 0 spiro atoms. The molecule has 1 rings (SSSR count). The average Bonchev–Trinajstić information content (AvgIpc) is 2.20. The Balaban J connectivity index is 2.60. The molecule has 1 amide bonds. The van der Waals surface area contributed by atoms with Gasteiger partial charge in [-0.15, -0.1) is 0 Å². The van der Waals surface area contributed by atoms with E-state index < -0.39 is 6.10 Å². The summed E-state index contributed by atoms with van der Waals surface area (Å²) in [5, 5.41) is 2.46. The lowest BCUT2D eigenvalue weighted by atomic mass is 10.3. The monoisotopic (exact) mass is 197 g/mol. The van der Waals surface area contributed by atoms with Gasteiger partial charge in [0.2, 0.25) is 0 Å². The van der Waals surface area contributed by atoms with E-state index in [4.69, 9.17) is 4.74 Å². The predicted molar refractivity (Wildman–Crippen MR) is 50.6 cm³/mol. The summed E-state index contributed by atoms with van der Waals surface area (Å²) in [4.78, 5) is 11.1. The zero-order valence-corrected chi connectivity index (χ0v) is 8.08. The van der Waals surface area contributed by atoms with E-state index in [2.05, 4.69) is 5.32 Å². The molecular weight excluding hydrogens is 185 g/mol. The van der Waals surface area contributed by atoms with Gasteiger partial charge in [0.1, 0.15) is 11.6 Å². The van der Waals surface area contributed by atoms with Crippen LogP contribution in [0.1, 0.15) is 6.92 Å². The van der Waals surface area contributed by atoms with E-state index in [0.717, 1.165) is 0 Å². The van der Waals surface area contributed by atoms with Crippen LogP contribution in [-0.2, 0) is 4.79 Å². The predicted octanol–water partition coefficient (Wildman–Crippen LogP) is 1.34. The summed E-state index contributed by atoms with van der Waals surface area (Å²) in [5.74, 6) is -0.0678. The smallest absolute Gasteiger partial charge is 0.260 e. The first kappa shape index (κ1) is 10.5. The van der Waals surface area contributed by atoms with Crippen molar-refractivity contribution >= 4 is 5.91 Å². The van der Waals surface area contributed by atoms with Crippen LogP contribution in [0.4, 0.5) is 4.39 Å². The molecule has 0 radical (unpaired) electrons. The number of carbonyl (C=O) groups is 1.